The smallest absolute Gasteiger partial charge is 0.323 e. The molecule has 0 radical (unpaired) electrons. The molecule has 2 amide bonds. The number of hydrogen-bond acceptors (Lipinski definition) is 4. The van der Waals surface area contributed by atoms with Crippen molar-refractivity contribution < 1.29 is 4.79 Å². The van der Waals surface area contributed by atoms with Crippen LogP contribution in [0.4, 0.5) is 16.3 Å². The van der Waals surface area contributed by atoms with Crippen molar-refractivity contribution in [3.05, 3.63) is 52.3 Å². The van der Waals surface area contributed by atoms with Crippen molar-refractivity contribution >= 4 is 17.5 Å². The number of nitrogens with zero attached hydrogens (tertiary/aromatic N) is 3. The SMILES string of the molecule is Cc1ccc(N2CCN(C(=O)Nc3ccc(=O)[nH]n3)CC2)cc1. The average Bonchev–Trinajstić information content (AvgIpc) is 2.58. The van der Waals surface area contributed by atoms with Crippen LogP contribution in [0, 0.1) is 6.92 Å². The molecule has 1 aromatic heterocycles. The van der Waals surface area contributed by atoms with Gasteiger partial charge in [0.15, 0.2) is 5.82 Å². The van der Waals surface area contributed by atoms with Gasteiger partial charge in [-0.1, -0.05) is 17.7 Å². The number of aromatic amines is 1. The number of benzene rings is 1. The van der Waals surface area contributed by atoms with Gasteiger partial charge in [-0.15, -0.1) is 0 Å². The molecule has 1 aliphatic heterocycles. The van der Waals surface area contributed by atoms with Gasteiger partial charge < -0.3 is 9.80 Å². The maximum atomic E-state index is 12.2. The predicted molar refractivity (Wildman–Crippen MR) is 88.8 cm³/mol. The number of aromatic nitrogens is 2. The molecule has 0 saturated carbocycles. The number of carbonyl (C=O) groups is 1. The van der Waals surface area contributed by atoms with Crippen LogP contribution in [0.1, 0.15) is 5.56 Å². The summed E-state index contributed by atoms with van der Waals surface area (Å²) in [6, 6.07) is 11.0. The Kier molecular flexibility index (Phi) is 4.27. The van der Waals surface area contributed by atoms with Crippen LogP contribution in [0.2, 0.25) is 0 Å². The molecule has 1 aliphatic rings. The third-order valence-electron chi connectivity index (χ3n) is 3.88. The molecule has 0 atom stereocenters. The van der Waals surface area contributed by atoms with Crippen molar-refractivity contribution in [2.45, 2.75) is 6.92 Å². The summed E-state index contributed by atoms with van der Waals surface area (Å²) in [7, 11) is 0. The first-order valence-electron chi connectivity index (χ1n) is 7.55. The normalized spacial score (nSPS) is 14.7. The summed E-state index contributed by atoms with van der Waals surface area (Å²) in [5.41, 5.74) is 2.12. The molecule has 1 saturated heterocycles. The van der Waals surface area contributed by atoms with Gasteiger partial charge in [0.2, 0.25) is 0 Å². The first kappa shape index (κ1) is 15.1. The van der Waals surface area contributed by atoms with E-state index in [1.165, 1.54) is 23.4 Å². The number of urea groups is 1. The lowest BCUT2D eigenvalue weighted by Gasteiger charge is -2.36. The van der Waals surface area contributed by atoms with Crippen LogP contribution >= 0.6 is 0 Å². The molecule has 1 aromatic carbocycles. The summed E-state index contributed by atoms with van der Waals surface area (Å²) >= 11 is 0. The Morgan fingerprint density at radius 1 is 1.09 bits per heavy atom. The van der Waals surface area contributed by atoms with Crippen molar-refractivity contribution in [2.24, 2.45) is 0 Å². The lowest BCUT2D eigenvalue weighted by Crippen LogP contribution is -2.50. The summed E-state index contributed by atoms with van der Waals surface area (Å²) in [5, 5.41) is 8.76. The number of aryl methyl sites for hydroxylation is 1. The van der Waals surface area contributed by atoms with Gasteiger partial charge in [0.1, 0.15) is 0 Å². The van der Waals surface area contributed by atoms with E-state index in [9.17, 15) is 9.59 Å². The topological polar surface area (TPSA) is 81.3 Å². The fourth-order valence-electron chi connectivity index (χ4n) is 2.53. The minimum Gasteiger partial charge on any atom is -0.368 e. The lowest BCUT2D eigenvalue weighted by atomic mass is 10.2. The number of carbonyl (C=O) groups excluding carboxylic acids is 1. The molecule has 0 spiro atoms. The third-order valence-corrected chi connectivity index (χ3v) is 3.88. The van der Waals surface area contributed by atoms with E-state index in [0.717, 1.165) is 13.1 Å². The molecule has 3 rings (SSSR count). The first-order valence-corrected chi connectivity index (χ1v) is 7.55. The second-order valence-corrected chi connectivity index (χ2v) is 5.55. The van der Waals surface area contributed by atoms with E-state index >= 15 is 0 Å². The van der Waals surface area contributed by atoms with E-state index in [0.29, 0.717) is 18.9 Å². The number of amides is 2. The molecular formula is C16H19N5O2. The number of anilines is 2. The van der Waals surface area contributed by atoms with Crippen LogP contribution in [-0.2, 0) is 0 Å². The standard InChI is InChI=1S/C16H19N5O2/c1-12-2-4-13(5-3-12)20-8-10-21(11-9-20)16(23)17-14-6-7-15(22)19-18-14/h2-7H,8-11H2,1H3,(H,19,22)(H,17,18,23). The van der Waals surface area contributed by atoms with Crippen molar-refractivity contribution in [3.63, 3.8) is 0 Å². The highest BCUT2D eigenvalue weighted by atomic mass is 16.2. The van der Waals surface area contributed by atoms with Crippen LogP contribution in [-0.4, -0.2) is 47.3 Å². The molecular weight excluding hydrogens is 294 g/mol. The molecule has 120 valence electrons. The Morgan fingerprint density at radius 3 is 2.39 bits per heavy atom. The van der Waals surface area contributed by atoms with E-state index < -0.39 is 0 Å². The van der Waals surface area contributed by atoms with Gasteiger partial charge in [-0.2, -0.15) is 5.10 Å². The monoisotopic (exact) mass is 313 g/mol. The van der Waals surface area contributed by atoms with E-state index in [1.54, 1.807) is 4.90 Å². The maximum absolute atomic E-state index is 12.2. The zero-order valence-electron chi connectivity index (χ0n) is 13.0. The van der Waals surface area contributed by atoms with Crippen LogP contribution in [0.5, 0.6) is 0 Å². The maximum Gasteiger partial charge on any atom is 0.323 e. The van der Waals surface area contributed by atoms with Gasteiger partial charge in [0, 0.05) is 37.9 Å². The minimum atomic E-state index is -0.297. The highest BCUT2D eigenvalue weighted by Gasteiger charge is 2.21. The van der Waals surface area contributed by atoms with Crippen molar-refractivity contribution in [2.75, 3.05) is 36.4 Å². The largest absolute Gasteiger partial charge is 0.368 e. The summed E-state index contributed by atoms with van der Waals surface area (Å²) in [4.78, 5) is 27.2. The molecule has 23 heavy (non-hydrogen) atoms. The third kappa shape index (κ3) is 3.68. The van der Waals surface area contributed by atoms with Crippen molar-refractivity contribution in [1.29, 1.82) is 0 Å². The molecule has 1 fully saturated rings. The molecule has 2 aromatic rings. The number of H-pyrrole nitrogens is 1. The number of hydrogen-bond donors (Lipinski definition) is 2. The van der Waals surface area contributed by atoms with E-state index in [-0.39, 0.29) is 11.6 Å². The summed E-state index contributed by atoms with van der Waals surface area (Å²) < 4.78 is 0. The van der Waals surface area contributed by atoms with Crippen molar-refractivity contribution in [3.8, 4) is 0 Å². The van der Waals surface area contributed by atoms with Crippen LogP contribution < -0.4 is 15.8 Å². The first-order chi connectivity index (χ1) is 11.1. The number of rotatable bonds is 2. The number of nitrogens with one attached hydrogen (secondary N) is 2. The van der Waals surface area contributed by atoms with Crippen LogP contribution in [0.15, 0.2) is 41.2 Å². The summed E-state index contributed by atoms with van der Waals surface area (Å²) in [6.07, 6.45) is 0. The zero-order valence-corrected chi connectivity index (χ0v) is 13.0. The van der Waals surface area contributed by atoms with E-state index in [1.807, 2.05) is 0 Å². The van der Waals surface area contributed by atoms with E-state index in [4.69, 9.17) is 0 Å². The second-order valence-electron chi connectivity index (χ2n) is 5.55. The van der Waals surface area contributed by atoms with Gasteiger partial charge in [-0.05, 0) is 25.1 Å². The van der Waals surface area contributed by atoms with Gasteiger partial charge in [0.25, 0.3) is 5.56 Å². The highest BCUT2D eigenvalue weighted by Crippen LogP contribution is 2.17. The molecule has 0 aliphatic carbocycles. The molecule has 2 heterocycles. The predicted octanol–water partition coefficient (Wildman–Crippen LogP) is 1.43. The van der Waals surface area contributed by atoms with Gasteiger partial charge in [0.05, 0.1) is 0 Å². The summed E-state index contributed by atoms with van der Waals surface area (Å²) in [5.74, 6) is 0.343. The molecule has 0 unspecified atom stereocenters. The number of piperazine rings is 1. The summed E-state index contributed by atoms with van der Waals surface area (Å²) in [6.45, 7) is 4.92. The Morgan fingerprint density at radius 2 is 1.78 bits per heavy atom. The molecule has 2 N–H and O–H groups in total. The van der Waals surface area contributed by atoms with Gasteiger partial charge >= 0.3 is 6.03 Å². The van der Waals surface area contributed by atoms with Crippen molar-refractivity contribution in [1.82, 2.24) is 15.1 Å². The quantitative estimate of drug-likeness (QED) is 0.879. The Labute approximate surface area is 133 Å². The molecule has 7 heteroatoms. The molecule has 7 nitrogen and oxygen atoms in total. The second kappa shape index (κ2) is 6.51. The fraction of sp³-hybridized carbons (Fsp3) is 0.312. The minimum absolute atomic E-state index is 0.201. The lowest BCUT2D eigenvalue weighted by molar-refractivity contribution is 0.208. The van der Waals surface area contributed by atoms with Crippen LogP contribution in [0.3, 0.4) is 0 Å². The van der Waals surface area contributed by atoms with Gasteiger partial charge in [-0.3, -0.25) is 10.1 Å². The molecule has 0 bridgehead atoms. The average molecular weight is 313 g/mol. The van der Waals surface area contributed by atoms with E-state index in [2.05, 4.69) is 51.6 Å². The van der Waals surface area contributed by atoms with Gasteiger partial charge in [-0.25, -0.2) is 9.89 Å². The Balaban J connectivity index is 1.55. The highest BCUT2D eigenvalue weighted by molar-refractivity contribution is 5.88. The zero-order chi connectivity index (χ0) is 16.2. The Hall–Kier alpha value is -2.83. The van der Waals surface area contributed by atoms with Crippen LogP contribution in [0.25, 0.3) is 0 Å². The Bertz CT molecular complexity index is 712. The fourth-order valence-corrected chi connectivity index (χ4v) is 2.53.